The number of hydrogen-bond donors (Lipinski definition) is 1. The molecule has 3 rings (SSSR count). The first-order valence-corrected chi connectivity index (χ1v) is 10.5. The number of aryl methyl sites for hydroxylation is 1. The lowest BCUT2D eigenvalue weighted by Crippen LogP contribution is -2.15. The van der Waals surface area contributed by atoms with E-state index < -0.39 is 0 Å². The van der Waals surface area contributed by atoms with Gasteiger partial charge in [0.1, 0.15) is 6.07 Å². The van der Waals surface area contributed by atoms with Crippen LogP contribution in [0.25, 0.3) is 11.4 Å². The Bertz CT molecular complexity index is 1070. The third-order valence-electron chi connectivity index (χ3n) is 4.15. The summed E-state index contributed by atoms with van der Waals surface area (Å²) in [4.78, 5) is 12.4. The Labute approximate surface area is 178 Å². The van der Waals surface area contributed by atoms with Gasteiger partial charge in [0.2, 0.25) is 5.91 Å². The molecule has 29 heavy (non-hydrogen) atoms. The van der Waals surface area contributed by atoms with E-state index in [1.165, 1.54) is 11.8 Å². The zero-order valence-corrected chi connectivity index (χ0v) is 17.7. The first kappa shape index (κ1) is 20.9. The van der Waals surface area contributed by atoms with Gasteiger partial charge in [-0.3, -0.25) is 4.79 Å². The van der Waals surface area contributed by atoms with Crippen LogP contribution < -0.4 is 5.32 Å². The number of aromatic nitrogens is 3. The number of nitriles is 1. The van der Waals surface area contributed by atoms with Crippen LogP contribution >= 0.6 is 23.4 Å². The third kappa shape index (κ3) is 5.17. The van der Waals surface area contributed by atoms with Crippen molar-refractivity contribution in [1.82, 2.24) is 14.8 Å². The van der Waals surface area contributed by atoms with Gasteiger partial charge in [0, 0.05) is 17.1 Å². The number of thioether (sulfide) groups is 1. The Balaban J connectivity index is 1.75. The SMILES string of the molecule is CCCn1c(SCC(=O)Nc2cc(Cl)ccc2C#N)nnc1-c1cccc(C)c1. The molecule has 148 valence electrons. The van der Waals surface area contributed by atoms with E-state index in [1.807, 2.05) is 35.8 Å². The molecular formula is C21H20ClN5OS. The van der Waals surface area contributed by atoms with Crippen LogP contribution in [0.4, 0.5) is 5.69 Å². The van der Waals surface area contributed by atoms with Gasteiger partial charge in [-0.2, -0.15) is 5.26 Å². The zero-order chi connectivity index (χ0) is 20.8. The highest BCUT2D eigenvalue weighted by Gasteiger charge is 2.16. The minimum atomic E-state index is -0.239. The molecule has 1 amide bonds. The van der Waals surface area contributed by atoms with Crippen molar-refractivity contribution >= 4 is 35.0 Å². The lowest BCUT2D eigenvalue weighted by Gasteiger charge is -2.10. The summed E-state index contributed by atoms with van der Waals surface area (Å²) in [5, 5.41) is 21.7. The number of carbonyl (C=O) groups is 1. The highest BCUT2D eigenvalue weighted by molar-refractivity contribution is 7.99. The van der Waals surface area contributed by atoms with Crippen molar-refractivity contribution in [2.24, 2.45) is 0 Å². The predicted octanol–water partition coefficient (Wildman–Crippen LogP) is 4.92. The Morgan fingerprint density at radius 2 is 2.10 bits per heavy atom. The molecule has 1 heterocycles. The minimum absolute atomic E-state index is 0.146. The van der Waals surface area contributed by atoms with E-state index >= 15 is 0 Å². The second-order valence-electron chi connectivity index (χ2n) is 6.47. The predicted molar refractivity (Wildman–Crippen MR) is 116 cm³/mol. The quantitative estimate of drug-likeness (QED) is 0.543. The van der Waals surface area contributed by atoms with Crippen LogP contribution in [0.1, 0.15) is 24.5 Å². The monoisotopic (exact) mass is 425 g/mol. The molecule has 0 saturated carbocycles. The standard InChI is InChI=1S/C21H20ClN5OS/c1-3-9-27-20(15-6-4-5-14(2)10-15)25-26-21(27)29-13-19(28)24-18-11-17(22)8-7-16(18)12-23/h4-8,10-11H,3,9,13H2,1-2H3,(H,24,28). The van der Waals surface area contributed by atoms with Crippen LogP contribution in [0.3, 0.4) is 0 Å². The van der Waals surface area contributed by atoms with Crippen LogP contribution in [0.5, 0.6) is 0 Å². The highest BCUT2D eigenvalue weighted by atomic mass is 35.5. The maximum atomic E-state index is 12.4. The number of halogens is 1. The molecule has 8 heteroatoms. The molecule has 0 spiro atoms. The first-order valence-electron chi connectivity index (χ1n) is 9.14. The van der Waals surface area contributed by atoms with Gasteiger partial charge < -0.3 is 9.88 Å². The van der Waals surface area contributed by atoms with E-state index in [0.717, 1.165) is 29.9 Å². The summed E-state index contributed by atoms with van der Waals surface area (Å²) < 4.78 is 2.03. The van der Waals surface area contributed by atoms with Crippen LogP contribution in [0.15, 0.2) is 47.6 Å². The average Bonchev–Trinajstić information content (AvgIpc) is 3.09. The van der Waals surface area contributed by atoms with Gasteiger partial charge in [-0.05, 0) is 37.6 Å². The van der Waals surface area contributed by atoms with E-state index in [2.05, 4.69) is 28.5 Å². The van der Waals surface area contributed by atoms with Gasteiger partial charge >= 0.3 is 0 Å². The first-order chi connectivity index (χ1) is 14.0. The summed E-state index contributed by atoms with van der Waals surface area (Å²) in [5.74, 6) is 0.699. The lowest BCUT2D eigenvalue weighted by atomic mass is 10.1. The van der Waals surface area contributed by atoms with E-state index in [-0.39, 0.29) is 11.7 Å². The summed E-state index contributed by atoms with van der Waals surface area (Å²) in [6.07, 6.45) is 0.921. The van der Waals surface area contributed by atoms with E-state index in [0.29, 0.717) is 21.4 Å². The maximum absolute atomic E-state index is 12.4. The van der Waals surface area contributed by atoms with Crippen LogP contribution in [-0.4, -0.2) is 26.4 Å². The summed E-state index contributed by atoms with van der Waals surface area (Å²) in [6, 6.07) is 14.9. The van der Waals surface area contributed by atoms with E-state index in [9.17, 15) is 10.1 Å². The number of nitrogens with zero attached hydrogens (tertiary/aromatic N) is 4. The van der Waals surface area contributed by atoms with Crippen LogP contribution in [0, 0.1) is 18.3 Å². The summed E-state index contributed by atoms with van der Waals surface area (Å²) >= 11 is 7.28. The van der Waals surface area contributed by atoms with Crippen LogP contribution in [-0.2, 0) is 11.3 Å². The molecule has 0 aliphatic heterocycles. The number of rotatable bonds is 7. The molecule has 2 aromatic carbocycles. The molecule has 1 aromatic heterocycles. The summed E-state index contributed by atoms with van der Waals surface area (Å²) in [7, 11) is 0. The fourth-order valence-corrected chi connectivity index (χ4v) is 3.79. The Hall–Kier alpha value is -2.82. The number of benzene rings is 2. The van der Waals surface area contributed by atoms with Gasteiger partial charge in [0.25, 0.3) is 0 Å². The van der Waals surface area contributed by atoms with Crippen molar-refractivity contribution in [2.75, 3.05) is 11.1 Å². The average molecular weight is 426 g/mol. The second kappa shape index (κ2) is 9.59. The maximum Gasteiger partial charge on any atom is 0.234 e. The topological polar surface area (TPSA) is 83.6 Å². The molecule has 3 aromatic rings. The molecule has 0 fully saturated rings. The fourth-order valence-electron chi connectivity index (χ4n) is 2.85. The lowest BCUT2D eigenvalue weighted by molar-refractivity contribution is -0.113. The number of amides is 1. The van der Waals surface area contributed by atoms with Crippen molar-refractivity contribution in [3.05, 3.63) is 58.6 Å². The van der Waals surface area contributed by atoms with Crippen molar-refractivity contribution in [3.63, 3.8) is 0 Å². The van der Waals surface area contributed by atoms with Gasteiger partial charge in [0.15, 0.2) is 11.0 Å². The fraction of sp³-hybridized carbons (Fsp3) is 0.238. The Kier molecular flexibility index (Phi) is 6.91. The zero-order valence-electron chi connectivity index (χ0n) is 16.1. The molecule has 1 N–H and O–H groups in total. The molecule has 0 atom stereocenters. The van der Waals surface area contributed by atoms with Crippen molar-refractivity contribution in [1.29, 1.82) is 5.26 Å². The molecule has 0 bridgehead atoms. The van der Waals surface area contributed by atoms with Gasteiger partial charge in [-0.1, -0.05) is 54.0 Å². The minimum Gasteiger partial charge on any atom is -0.324 e. The number of carbonyl (C=O) groups excluding carboxylic acids is 1. The molecule has 0 radical (unpaired) electrons. The Morgan fingerprint density at radius 1 is 1.28 bits per heavy atom. The largest absolute Gasteiger partial charge is 0.324 e. The van der Waals surface area contributed by atoms with Gasteiger partial charge in [-0.25, -0.2) is 0 Å². The number of hydrogen-bond acceptors (Lipinski definition) is 5. The van der Waals surface area contributed by atoms with Crippen LogP contribution in [0.2, 0.25) is 5.02 Å². The second-order valence-corrected chi connectivity index (χ2v) is 7.84. The highest BCUT2D eigenvalue weighted by Crippen LogP contribution is 2.26. The molecule has 0 unspecified atom stereocenters. The van der Waals surface area contributed by atoms with Gasteiger partial charge in [-0.15, -0.1) is 10.2 Å². The van der Waals surface area contributed by atoms with E-state index in [1.54, 1.807) is 18.2 Å². The molecule has 0 aliphatic rings. The third-order valence-corrected chi connectivity index (χ3v) is 5.35. The summed E-state index contributed by atoms with van der Waals surface area (Å²) in [5.41, 5.74) is 2.92. The molecular weight excluding hydrogens is 406 g/mol. The number of anilines is 1. The Morgan fingerprint density at radius 3 is 2.83 bits per heavy atom. The molecule has 0 saturated heterocycles. The normalized spacial score (nSPS) is 10.6. The van der Waals surface area contributed by atoms with Crippen molar-refractivity contribution < 1.29 is 4.79 Å². The molecule has 6 nitrogen and oxygen atoms in total. The molecule has 0 aliphatic carbocycles. The van der Waals surface area contributed by atoms with Crippen molar-refractivity contribution in [2.45, 2.75) is 32.0 Å². The van der Waals surface area contributed by atoms with Gasteiger partial charge in [0.05, 0.1) is 17.0 Å². The summed E-state index contributed by atoms with van der Waals surface area (Å²) in [6.45, 7) is 4.88. The van der Waals surface area contributed by atoms with E-state index in [4.69, 9.17) is 11.6 Å². The smallest absolute Gasteiger partial charge is 0.234 e. The van der Waals surface area contributed by atoms with Crippen molar-refractivity contribution in [3.8, 4) is 17.5 Å². The number of nitrogens with one attached hydrogen (secondary N) is 1.